The maximum absolute atomic E-state index is 13.4. The Morgan fingerprint density at radius 1 is 1.12 bits per heavy atom. The second-order valence-corrected chi connectivity index (χ2v) is 10.1. The summed E-state index contributed by atoms with van der Waals surface area (Å²) in [5.41, 5.74) is 2.47. The smallest absolute Gasteiger partial charge is 0.322 e. The number of nitrogens with one attached hydrogen (secondary N) is 1. The first-order valence-corrected chi connectivity index (χ1v) is 12.6. The van der Waals surface area contributed by atoms with Gasteiger partial charge >= 0.3 is 6.03 Å². The molecule has 2 aromatic rings. The van der Waals surface area contributed by atoms with Crippen LogP contribution >= 0.6 is 23.2 Å². The zero-order valence-electron chi connectivity index (χ0n) is 19.1. The zero-order chi connectivity index (χ0) is 24.1. The molecule has 2 fully saturated rings. The molecule has 1 saturated heterocycles. The summed E-state index contributed by atoms with van der Waals surface area (Å²) in [5, 5.41) is 23.0. The molecule has 1 aliphatic carbocycles. The third-order valence-corrected chi connectivity index (χ3v) is 7.34. The summed E-state index contributed by atoms with van der Waals surface area (Å²) >= 11 is 12.2. The molecule has 34 heavy (non-hydrogen) atoms. The number of nitriles is 1. The molecule has 2 aromatic carbocycles. The van der Waals surface area contributed by atoms with Crippen molar-refractivity contribution in [2.45, 2.75) is 50.2 Å². The molecule has 0 radical (unpaired) electrons. The van der Waals surface area contributed by atoms with Gasteiger partial charge in [0.05, 0.1) is 17.7 Å². The van der Waals surface area contributed by atoms with E-state index in [9.17, 15) is 15.2 Å². The van der Waals surface area contributed by atoms with Gasteiger partial charge in [-0.05, 0) is 73.9 Å². The van der Waals surface area contributed by atoms with Crippen LogP contribution in [-0.4, -0.2) is 59.3 Å². The minimum Gasteiger partial charge on any atom is -0.392 e. The fourth-order valence-corrected chi connectivity index (χ4v) is 5.64. The molecule has 2 N–H and O–H groups in total. The van der Waals surface area contributed by atoms with Crippen LogP contribution in [0.1, 0.15) is 49.1 Å². The van der Waals surface area contributed by atoms with Crippen molar-refractivity contribution in [3.8, 4) is 6.07 Å². The van der Waals surface area contributed by atoms with Gasteiger partial charge in [-0.1, -0.05) is 35.3 Å². The van der Waals surface area contributed by atoms with Crippen LogP contribution in [0, 0.1) is 11.3 Å². The summed E-state index contributed by atoms with van der Waals surface area (Å²) < 4.78 is 0. The summed E-state index contributed by atoms with van der Waals surface area (Å²) in [6.07, 6.45) is 4.22. The Morgan fingerprint density at radius 3 is 2.50 bits per heavy atom. The van der Waals surface area contributed by atoms with Crippen molar-refractivity contribution in [3.05, 3.63) is 63.6 Å². The van der Waals surface area contributed by atoms with Crippen LogP contribution in [0.5, 0.6) is 0 Å². The van der Waals surface area contributed by atoms with Gasteiger partial charge in [0.2, 0.25) is 0 Å². The maximum Gasteiger partial charge on any atom is 0.322 e. The number of benzene rings is 2. The van der Waals surface area contributed by atoms with E-state index in [1.807, 2.05) is 23.1 Å². The topological polar surface area (TPSA) is 79.6 Å². The number of likely N-dealkylation sites (tertiary alicyclic amines) is 1. The number of aliphatic hydroxyl groups excluding tert-OH is 1. The van der Waals surface area contributed by atoms with Gasteiger partial charge < -0.3 is 15.3 Å². The third-order valence-electron chi connectivity index (χ3n) is 6.90. The Kier molecular flexibility index (Phi) is 8.33. The molecule has 2 aliphatic rings. The molecule has 0 aromatic heterocycles. The Balaban J connectivity index is 1.43. The Hall–Kier alpha value is -2.30. The van der Waals surface area contributed by atoms with Crippen molar-refractivity contribution >= 4 is 34.9 Å². The number of aliphatic hydroxyl groups is 1. The van der Waals surface area contributed by atoms with Gasteiger partial charge in [-0.2, -0.15) is 5.26 Å². The van der Waals surface area contributed by atoms with E-state index in [2.05, 4.69) is 22.4 Å². The first-order valence-electron chi connectivity index (χ1n) is 11.9. The zero-order valence-corrected chi connectivity index (χ0v) is 20.6. The molecular weight excluding hydrogens is 471 g/mol. The van der Waals surface area contributed by atoms with Crippen molar-refractivity contribution in [2.75, 3.05) is 31.5 Å². The second kappa shape index (κ2) is 11.4. The molecular formula is C26H30Cl2N4O2. The first-order chi connectivity index (χ1) is 16.4. The van der Waals surface area contributed by atoms with Crippen LogP contribution in [0.4, 0.5) is 10.5 Å². The molecule has 2 amide bonds. The number of hydrogen-bond donors (Lipinski definition) is 2. The van der Waals surface area contributed by atoms with Crippen molar-refractivity contribution in [3.63, 3.8) is 0 Å². The lowest BCUT2D eigenvalue weighted by molar-refractivity contribution is 0.143. The lowest BCUT2D eigenvalue weighted by Crippen LogP contribution is -2.47. The van der Waals surface area contributed by atoms with E-state index in [0.29, 0.717) is 40.3 Å². The molecule has 8 heteroatoms. The number of nitrogens with zero attached hydrogens (tertiary/aromatic N) is 3. The molecule has 0 spiro atoms. The van der Waals surface area contributed by atoms with Crippen LogP contribution < -0.4 is 5.32 Å². The second-order valence-electron chi connectivity index (χ2n) is 9.27. The molecule has 1 atom stereocenters. The normalized spacial score (nSPS) is 22.8. The van der Waals surface area contributed by atoms with Crippen LogP contribution in [0.3, 0.4) is 0 Å². The molecule has 1 heterocycles. The number of carbonyl (C=O) groups excluding carboxylic acids is 1. The average Bonchev–Trinajstić information content (AvgIpc) is 3.24. The van der Waals surface area contributed by atoms with Crippen LogP contribution in [0.25, 0.3) is 0 Å². The minimum absolute atomic E-state index is 0.123. The molecule has 1 saturated carbocycles. The molecule has 6 nitrogen and oxygen atoms in total. The number of halogens is 2. The molecule has 0 bridgehead atoms. The van der Waals surface area contributed by atoms with Crippen molar-refractivity contribution < 1.29 is 9.90 Å². The highest BCUT2D eigenvalue weighted by molar-refractivity contribution is 6.35. The summed E-state index contributed by atoms with van der Waals surface area (Å²) in [6, 6.07) is 15.1. The average molecular weight is 501 g/mol. The van der Waals surface area contributed by atoms with E-state index in [-0.39, 0.29) is 18.2 Å². The number of amides is 2. The highest BCUT2D eigenvalue weighted by atomic mass is 35.5. The minimum atomic E-state index is -0.282. The number of urea groups is 1. The number of β-amino-alcohol motifs (C(OH)–C–C–N with tert-alkyl or cyclic N) is 1. The van der Waals surface area contributed by atoms with Crippen LogP contribution in [0.2, 0.25) is 10.0 Å². The van der Waals surface area contributed by atoms with Crippen LogP contribution in [0.15, 0.2) is 42.5 Å². The quantitative estimate of drug-likeness (QED) is 0.549. The standard InChI is InChI=1S/C26H30Cl2N4O2/c27-21-13-22(28)15-23(14-21)30-26(34)32(11-10-31-9-8-25(33)17-31)24-6-4-19(5-7-24)20-3-1-2-18(12-20)16-29/h1-3,12-15,19,24-25,33H,4-11,17H2,(H,30,34)/t19-,24+,25-/m0/s1. The highest BCUT2D eigenvalue weighted by Gasteiger charge is 2.31. The van der Waals surface area contributed by atoms with Gasteiger partial charge in [-0.25, -0.2) is 4.79 Å². The fraction of sp³-hybridized carbons (Fsp3) is 0.462. The van der Waals surface area contributed by atoms with Gasteiger partial charge in [0.25, 0.3) is 0 Å². The maximum atomic E-state index is 13.4. The predicted octanol–water partition coefficient (Wildman–Crippen LogP) is 5.49. The molecule has 180 valence electrons. The lowest BCUT2D eigenvalue weighted by atomic mass is 9.81. The number of anilines is 1. The van der Waals surface area contributed by atoms with Gasteiger partial charge in [-0.15, -0.1) is 0 Å². The predicted molar refractivity (Wildman–Crippen MR) is 135 cm³/mol. The Labute approximate surface area is 211 Å². The van der Waals surface area contributed by atoms with Gasteiger partial charge in [-0.3, -0.25) is 4.90 Å². The summed E-state index contributed by atoms with van der Waals surface area (Å²) in [6.45, 7) is 2.82. The molecule has 0 unspecified atom stereocenters. The van der Waals surface area contributed by atoms with E-state index in [0.717, 1.165) is 45.2 Å². The van der Waals surface area contributed by atoms with Crippen molar-refractivity contribution in [1.82, 2.24) is 9.80 Å². The van der Waals surface area contributed by atoms with E-state index in [4.69, 9.17) is 23.2 Å². The monoisotopic (exact) mass is 500 g/mol. The fourth-order valence-electron chi connectivity index (χ4n) is 5.12. The van der Waals surface area contributed by atoms with Crippen molar-refractivity contribution in [1.29, 1.82) is 5.26 Å². The summed E-state index contributed by atoms with van der Waals surface area (Å²) in [5.74, 6) is 0.398. The largest absolute Gasteiger partial charge is 0.392 e. The Bertz CT molecular complexity index is 1030. The first kappa shape index (κ1) is 24.8. The van der Waals surface area contributed by atoms with E-state index >= 15 is 0 Å². The third kappa shape index (κ3) is 6.43. The van der Waals surface area contributed by atoms with E-state index in [1.165, 1.54) is 5.56 Å². The van der Waals surface area contributed by atoms with E-state index < -0.39 is 0 Å². The van der Waals surface area contributed by atoms with Gasteiger partial charge in [0.1, 0.15) is 0 Å². The lowest BCUT2D eigenvalue weighted by Gasteiger charge is -2.38. The SMILES string of the molecule is N#Cc1cccc([C@H]2CC[C@@H](N(CCN3CC[C@H](O)C3)C(=O)Nc3cc(Cl)cc(Cl)c3)CC2)c1. The van der Waals surface area contributed by atoms with Gasteiger partial charge in [0.15, 0.2) is 0 Å². The summed E-state index contributed by atoms with van der Waals surface area (Å²) in [7, 11) is 0. The molecule has 1 aliphatic heterocycles. The number of rotatable bonds is 6. The van der Waals surface area contributed by atoms with Gasteiger partial charge in [0, 0.05) is 48.0 Å². The highest BCUT2D eigenvalue weighted by Crippen LogP contribution is 2.35. The Morgan fingerprint density at radius 2 is 1.85 bits per heavy atom. The number of carbonyl (C=O) groups is 1. The van der Waals surface area contributed by atoms with E-state index in [1.54, 1.807) is 18.2 Å². The number of hydrogen-bond acceptors (Lipinski definition) is 4. The summed E-state index contributed by atoms with van der Waals surface area (Å²) in [4.78, 5) is 17.5. The molecule has 4 rings (SSSR count). The van der Waals surface area contributed by atoms with Crippen molar-refractivity contribution in [2.24, 2.45) is 0 Å². The van der Waals surface area contributed by atoms with Crippen LogP contribution in [-0.2, 0) is 0 Å².